The summed E-state index contributed by atoms with van der Waals surface area (Å²) in [6.07, 6.45) is 6.00. The third-order valence-electron chi connectivity index (χ3n) is 4.45. The lowest BCUT2D eigenvalue weighted by atomic mass is 9.90. The van der Waals surface area contributed by atoms with Crippen molar-refractivity contribution in [2.24, 2.45) is 4.99 Å². The van der Waals surface area contributed by atoms with Crippen LogP contribution < -0.4 is 16.0 Å². The topological polar surface area (TPSA) is 96.2 Å². The lowest BCUT2D eigenvalue weighted by Gasteiger charge is -2.26. The second kappa shape index (κ2) is 10.9. The van der Waals surface area contributed by atoms with Gasteiger partial charge in [-0.3, -0.25) is 9.79 Å². The first kappa shape index (κ1) is 21.1. The van der Waals surface area contributed by atoms with Gasteiger partial charge >= 0.3 is 0 Å². The zero-order valence-corrected chi connectivity index (χ0v) is 17.7. The number of carbonyl (C=O) groups excluding carboxylic acids is 1. The van der Waals surface area contributed by atoms with Crippen molar-refractivity contribution in [1.82, 2.24) is 25.4 Å². The van der Waals surface area contributed by atoms with Gasteiger partial charge in [-0.1, -0.05) is 18.2 Å². The van der Waals surface area contributed by atoms with Gasteiger partial charge in [0.05, 0.1) is 0 Å². The maximum absolute atomic E-state index is 11.9. The number of unbranched alkanes of at least 4 members (excludes halogenated alkanes) is 1. The quantitative estimate of drug-likeness (QED) is 0.242. The van der Waals surface area contributed by atoms with Crippen molar-refractivity contribution >= 4 is 41.5 Å². The molecule has 2 aromatic rings. The van der Waals surface area contributed by atoms with E-state index in [2.05, 4.69) is 37.2 Å². The van der Waals surface area contributed by atoms with Crippen LogP contribution in [0.3, 0.4) is 0 Å². The number of amides is 1. The fourth-order valence-corrected chi connectivity index (χ4v) is 3.09. The van der Waals surface area contributed by atoms with Crippen LogP contribution in [0.25, 0.3) is 0 Å². The van der Waals surface area contributed by atoms with E-state index in [0.29, 0.717) is 13.0 Å². The fourth-order valence-electron chi connectivity index (χ4n) is 3.09. The van der Waals surface area contributed by atoms with Crippen LogP contribution in [0.4, 0.5) is 5.69 Å². The molecular formula is C18H26IN7O. The Labute approximate surface area is 176 Å². The van der Waals surface area contributed by atoms with Crippen LogP contribution in [-0.2, 0) is 11.3 Å². The van der Waals surface area contributed by atoms with Crippen LogP contribution in [0.5, 0.6) is 0 Å². The van der Waals surface area contributed by atoms with Gasteiger partial charge < -0.3 is 20.5 Å². The van der Waals surface area contributed by atoms with Gasteiger partial charge in [0, 0.05) is 44.7 Å². The lowest BCUT2D eigenvalue weighted by molar-refractivity contribution is -0.116. The van der Waals surface area contributed by atoms with Crippen molar-refractivity contribution in [3.8, 4) is 0 Å². The summed E-state index contributed by atoms with van der Waals surface area (Å²) in [5.74, 6) is 0.970. The van der Waals surface area contributed by atoms with Crippen LogP contribution in [0.1, 0.15) is 30.7 Å². The van der Waals surface area contributed by atoms with Crippen molar-refractivity contribution in [3.63, 3.8) is 0 Å². The number of benzene rings is 1. The molecule has 27 heavy (non-hydrogen) atoms. The van der Waals surface area contributed by atoms with Gasteiger partial charge in [0.25, 0.3) is 0 Å². The number of para-hydroxylation sites is 1. The minimum atomic E-state index is 0. The Morgan fingerprint density at radius 1 is 1.26 bits per heavy atom. The van der Waals surface area contributed by atoms with Crippen molar-refractivity contribution in [2.45, 2.75) is 31.7 Å². The van der Waals surface area contributed by atoms with E-state index in [1.54, 1.807) is 19.7 Å². The molecule has 1 aromatic carbocycles. The first-order valence-corrected chi connectivity index (χ1v) is 8.92. The average molecular weight is 483 g/mol. The highest BCUT2D eigenvalue weighted by Crippen LogP contribution is 2.31. The van der Waals surface area contributed by atoms with Crippen LogP contribution >= 0.6 is 24.0 Å². The number of aromatic nitrogens is 3. The molecule has 1 amide bonds. The number of hydrogen-bond donors (Lipinski definition) is 3. The Bertz CT molecular complexity index is 748. The molecule has 1 aromatic heterocycles. The molecule has 3 rings (SSSR count). The number of guanidine groups is 1. The number of halogens is 1. The van der Waals surface area contributed by atoms with Gasteiger partial charge in [-0.25, -0.2) is 0 Å². The van der Waals surface area contributed by atoms with Crippen molar-refractivity contribution in [3.05, 3.63) is 42.5 Å². The molecule has 2 heterocycles. The predicted molar refractivity (Wildman–Crippen MR) is 116 cm³/mol. The van der Waals surface area contributed by atoms with E-state index >= 15 is 0 Å². The summed E-state index contributed by atoms with van der Waals surface area (Å²) in [6.45, 7) is 2.42. The molecule has 0 saturated carbocycles. The summed E-state index contributed by atoms with van der Waals surface area (Å²) in [7, 11) is 1.76. The molecule has 8 nitrogen and oxygen atoms in total. The molecule has 9 heteroatoms. The molecule has 0 saturated heterocycles. The highest BCUT2D eigenvalue weighted by Gasteiger charge is 2.24. The molecule has 146 valence electrons. The van der Waals surface area contributed by atoms with Crippen molar-refractivity contribution < 1.29 is 4.79 Å². The number of rotatable bonds is 7. The van der Waals surface area contributed by atoms with Crippen LogP contribution in [-0.4, -0.2) is 46.8 Å². The van der Waals surface area contributed by atoms with E-state index in [1.165, 1.54) is 5.56 Å². The SMILES string of the molecule is CN=C(NCCCCn1cnnc1)NCC1CC(=O)Nc2ccccc21.I. The summed E-state index contributed by atoms with van der Waals surface area (Å²) in [5, 5.41) is 17.2. The first-order chi connectivity index (χ1) is 12.8. The Morgan fingerprint density at radius 2 is 2.04 bits per heavy atom. The van der Waals surface area contributed by atoms with Crippen LogP contribution in [0, 0.1) is 0 Å². The van der Waals surface area contributed by atoms with E-state index in [1.807, 2.05) is 22.8 Å². The summed E-state index contributed by atoms with van der Waals surface area (Å²) in [4.78, 5) is 16.2. The van der Waals surface area contributed by atoms with Gasteiger partial charge in [-0.05, 0) is 24.5 Å². The van der Waals surface area contributed by atoms with Crippen LogP contribution in [0.2, 0.25) is 0 Å². The first-order valence-electron chi connectivity index (χ1n) is 8.92. The highest BCUT2D eigenvalue weighted by molar-refractivity contribution is 14.0. The number of anilines is 1. The zero-order valence-electron chi connectivity index (χ0n) is 15.4. The molecule has 0 aliphatic carbocycles. The molecule has 1 unspecified atom stereocenters. The number of aliphatic imine (C=N–C) groups is 1. The van der Waals surface area contributed by atoms with Crippen molar-refractivity contribution in [2.75, 3.05) is 25.5 Å². The number of aryl methyl sites for hydroxylation is 1. The molecule has 1 aliphatic rings. The minimum absolute atomic E-state index is 0. The van der Waals surface area contributed by atoms with Gasteiger partial charge in [-0.2, -0.15) is 0 Å². The van der Waals surface area contributed by atoms with E-state index < -0.39 is 0 Å². The molecule has 3 N–H and O–H groups in total. The van der Waals surface area contributed by atoms with E-state index in [4.69, 9.17) is 0 Å². The van der Waals surface area contributed by atoms with Gasteiger partial charge in [0.2, 0.25) is 5.91 Å². The van der Waals surface area contributed by atoms with E-state index in [9.17, 15) is 4.79 Å². The second-order valence-electron chi connectivity index (χ2n) is 6.32. The normalized spacial score (nSPS) is 16.1. The van der Waals surface area contributed by atoms with E-state index in [0.717, 1.165) is 37.6 Å². The summed E-state index contributed by atoms with van der Waals surface area (Å²) in [5.41, 5.74) is 2.08. The summed E-state index contributed by atoms with van der Waals surface area (Å²) < 4.78 is 1.97. The van der Waals surface area contributed by atoms with E-state index in [-0.39, 0.29) is 35.8 Å². The molecule has 0 radical (unpaired) electrons. The maximum Gasteiger partial charge on any atom is 0.225 e. The third-order valence-corrected chi connectivity index (χ3v) is 4.45. The maximum atomic E-state index is 11.9. The number of nitrogens with one attached hydrogen (secondary N) is 3. The number of nitrogens with zero attached hydrogens (tertiary/aromatic N) is 4. The number of fused-ring (bicyclic) bond motifs is 1. The summed E-state index contributed by atoms with van der Waals surface area (Å²) in [6, 6.07) is 7.96. The van der Waals surface area contributed by atoms with Gasteiger partial charge in [0.15, 0.2) is 5.96 Å². The Hall–Kier alpha value is -2.17. The predicted octanol–water partition coefficient (Wildman–Crippen LogP) is 1.97. The molecule has 0 bridgehead atoms. The lowest BCUT2D eigenvalue weighted by Crippen LogP contribution is -2.41. The Balaban J connectivity index is 0.00000261. The Morgan fingerprint density at radius 3 is 2.81 bits per heavy atom. The van der Waals surface area contributed by atoms with Gasteiger partial charge in [0.1, 0.15) is 12.7 Å². The largest absolute Gasteiger partial charge is 0.356 e. The molecule has 0 fully saturated rings. The number of hydrogen-bond acceptors (Lipinski definition) is 4. The van der Waals surface area contributed by atoms with Crippen LogP contribution in [0.15, 0.2) is 41.9 Å². The molecular weight excluding hydrogens is 457 g/mol. The zero-order chi connectivity index (χ0) is 18.2. The summed E-state index contributed by atoms with van der Waals surface area (Å²) >= 11 is 0. The number of carbonyl (C=O) groups is 1. The minimum Gasteiger partial charge on any atom is -0.356 e. The second-order valence-corrected chi connectivity index (χ2v) is 6.32. The third kappa shape index (κ3) is 6.19. The molecule has 0 spiro atoms. The standard InChI is InChI=1S/C18H25N7O.HI/c1-19-18(20-8-4-5-9-25-12-22-23-13-25)21-11-14-10-17(26)24-16-7-3-2-6-15(14)16;/h2-3,6-7,12-14H,4-5,8-11H2,1H3,(H,24,26)(H2,19,20,21);1H. The van der Waals surface area contributed by atoms with Gasteiger partial charge in [-0.15, -0.1) is 34.2 Å². The Kier molecular flexibility index (Phi) is 8.49. The fraction of sp³-hybridized carbons (Fsp3) is 0.444. The highest BCUT2D eigenvalue weighted by atomic mass is 127. The average Bonchev–Trinajstić information content (AvgIpc) is 3.17. The molecule has 1 atom stereocenters. The molecule has 1 aliphatic heterocycles. The van der Waals surface area contributed by atoms with Crippen molar-refractivity contribution in [1.29, 1.82) is 0 Å². The monoisotopic (exact) mass is 483 g/mol. The smallest absolute Gasteiger partial charge is 0.225 e.